The Morgan fingerprint density at radius 2 is 2.12 bits per heavy atom. The first-order chi connectivity index (χ1) is 12.1. The highest BCUT2D eigenvalue weighted by molar-refractivity contribution is 7.11. The summed E-state index contributed by atoms with van der Waals surface area (Å²) in [5.41, 5.74) is 0. The van der Waals surface area contributed by atoms with Crippen molar-refractivity contribution in [3.63, 3.8) is 0 Å². The normalized spacial score (nSPS) is 15.7. The van der Waals surface area contributed by atoms with Crippen molar-refractivity contribution < 1.29 is 0 Å². The molecule has 0 aromatic carbocycles. The zero-order valence-corrected chi connectivity index (χ0v) is 16.1. The molecule has 1 fully saturated rings. The van der Waals surface area contributed by atoms with Gasteiger partial charge in [-0.25, -0.2) is 9.98 Å². The van der Waals surface area contributed by atoms with Crippen molar-refractivity contribution in [1.82, 2.24) is 30.4 Å². The molecule has 0 spiro atoms. The number of rotatable bonds is 6. The van der Waals surface area contributed by atoms with E-state index in [0.29, 0.717) is 12.6 Å². The molecule has 0 saturated heterocycles. The molecule has 1 aliphatic carbocycles. The lowest BCUT2D eigenvalue weighted by Crippen LogP contribution is -2.43. The lowest BCUT2D eigenvalue weighted by atomic mass is 10.2. The molecular formula is C17H27N7S. The van der Waals surface area contributed by atoms with Crippen LogP contribution in [0.15, 0.2) is 11.2 Å². The van der Waals surface area contributed by atoms with Crippen LogP contribution < -0.4 is 10.6 Å². The fourth-order valence-corrected chi connectivity index (χ4v) is 3.75. The van der Waals surface area contributed by atoms with Crippen LogP contribution in [0.5, 0.6) is 0 Å². The maximum absolute atomic E-state index is 4.72. The molecule has 2 aromatic rings. The van der Waals surface area contributed by atoms with Crippen LogP contribution >= 0.6 is 11.3 Å². The summed E-state index contributed by atoms with van der Waals surface area (Å²) in [5, 5.41) is 16.5. The third-order valence-corrected chi connectivity index (χ3v) is 5.53. The number of guanidine groups is 1. The highest BCUT2D eigenvalue weighted by atomic mass is 32.1. The number of thiazole rings is 1. The van der Waals surface area contributed by atoms with E-state index in [1.807, 2.05) is 24.7 Å². The Kier molecular flexibility index (Phi) is 6.01. The van der Waals surface area contributed by atoms with Crippen molar-refractivity contribution in [2.75, 3.05) is 6.54 Å². The van der Waals surface area contributed by atoms with Gasteiger partial charge in [0, 0.05) is 37.1 Å². The Balaban J connectivity index is 1.59. The molecule has 1 aliphatic rings. The van der Waals surface area contributed by atoms with Gasteiger partial charge in [-0.3, -0.25) is 0 Å². The topological polar surface area (TPSA) is 80.0 Å². The average molecular weight is 362 g/mol. The lowest BCUT2D eigenvalue weighted by molar-refractivity contribution is 0.610. The molecular weight excluding hydrogens is 334 g/mol. The maximum atomic E-state index is 4.72. The second-order valence-corrected chi connectivity index (χ2v) is 7.87. The van der Waals surface area contributed by atoms with Crippen molar-refractivity contribution in [2.45, 2.75) is 58.5 Å². The second-order valence-electron chi connectivity index (χ2n) is 6.55. The summed E-state index contributed by atoms with van der Waals surface area (Å²) < 4.78 is 1.98. The Morgan fingerprint density at radius 3 is 2.76 bits per heavy atom. The molecule has 0 unspecified atom stereocenters. The number of nitrogens with one attached hydrogen (secondary N) is 2. The molecule has 0 bridgehead atoms. The fourth-order valence-electron chi connectivity index (χ4n) is 2.96. The molecule has 0 aliphatic heterocycles. The number of aliphatic imine (C=N–C) groups is 1. The fraction of sp³-hybridized carbons (Fsp3) is 0.647. The summed E-state index contributed by atoms with van der Waals surface area (Å²) in [4.78, 5) is 10.4. The van der Waals surface area contributed by atoms with E-state index in [1.165, 1.54) is 30.6 Å². The quantitative estimate of drug-likeness (QED) is 0.608. The largest absolute Gasteiger partial charge is 0.356 e. The van der Waals surface area contributed by atoms with Gasteiger partial charge in [0.05, 0.1) is 5.01 Å². The van der Waals surface area contributed by atoms with Gasteiger partial charge in [0.1, 0.15) is 12.4 Å². The molecule has 0 atom stereocenters. The molecule has 7 nitrogen and oxygen atoms in total. The monoisotopic (exact) mass is 361 g/mol. The SMILES string of the molecule is Cc1cnc(CCNC(=NCc2nnc(C)n2C)NC2CCCC2)s1. The molecule has 0 amide bonds. The Labute approximate surface area is 153 Å². The first-order valence-electron chi connectivity index (χ1n) is 8.93. The van der Waals surface area contributed by atoms with Gasteiger partial charge in [0.15, 0.2) is 11.8 Å². The van der Waals surface area contributed by atoms with E-state index in [-0.39, 0.29) is 0 Å². The highest BCUT2D eigenvalue weighted by Crippen LogP contribution is 2.17. The molecule has 2 aromatic heterocycles. The van der Waals surface area contributed by atoms with Gasteiger partial charge in [-0.05, 0) is 26.7 Å². The van der Waals surface area contributed by atoms with Crippen LogP contribution in [0, 0.1) is 13.8 Å². The Bertz CT molecular complexity index is 712. The smallest absolute Gasteiger partial charge is 0.191 e. The van der Waals surface area contributed by atoms with E-state index in [4.69, 9.17) is 4.99 Å². The van der Waals surface area contributed by atoms with E-state index < -0.39 is 0 Å². The van der Waals surface area contributed by atoms with E-state index in [2.05, 4.69) is 32.7 Å². The van der Waals surface area contributed by atoms with Crippen molar-refractivity contribution in [3.05, 3.63) is 27.7 Å². The molecule has 2 heterocycles. The molecule has 2 N–H and O–H groups in total. The Hall–Kier alpha value is -1.96. The van der Waals surface area contributed by atoms with Crippen LogP contribution in [0.2, 0.25) is 0 Å². The van der Waals surface area contributed by atoms with Crippen LogP contribution in [-0.4, -0.2) is 38.3 Å². The Morgan fingerprint density at radius 1 is 1.32 bits per heavy atom. The van der Waals surface area contributed by atoms with E-state index in [0.717, 1.165) is 35.6 Å². The van der Waals surface area contributed by atoms with Gasteiger partial charge in [-0.1, -0.05) is 12.8 Å². The zero-order valence-electron chi connectivity index (χ0n) is 15.2. The highest BCUT2D eigenvalue weighted by Gasteiger charge is 2.16. The van der Waals surface area contributed by atoms with Crippen molar-refractivity contribution in [2.24, 2.45) is 12.0 Å². The molecule has 3 rings (SSSR count). The summed E-state index contributed by atoms with van der Waals surface area (Å²) in [7, 11) is 1.97. The predicted molar refractivity (Wildman–Crippen MR) is 101 cm³/mol. The third-order valence-electron chi connectivity index (χ3n) is 4.56. The number of aryl methyl sites for hydroxylation is 2. The number of hydrogen-bond donors (Lipinski definition) is 2. The second kappa shape index (κ2) is 8.42. The van der Waals surface area contributed by atoms with Crippen LogP contribution in [-0.2, 0) is 20.0 Å². The van der Waals surface area contributed by atoms with Crippen LogP contribution in [0.1, 0.15) is 47.2 Å². The first kappa shape index (κ1) is 17.8. The van der Waals surface area contributed by atoms with Gasteiger partial charge in [-0.2, -0.15) is 0 Å². The summed E-state index contributed by atoms with van der Waals surface area (Å²) >= 11 is 1.75. The average Bonchev–Trinajstić information content (AvgIpc) is 3.31. The standard InChI is InChI=1S/C17H27N7S/c1-12-10-19-16(25-12)8-9-18-17(21-14-6-4-5-7-14)20-11-15-23-22-13(2)24(15)3/h10,14H,4-9,11H2,1-3H3,(H2,18,20,21). The van der Waals surface area contributed by atoms with Crippen molar-refractivity contribution in [3.8, 4) is 0 Å². The summed E-state index contributed by atoms with van der Waals surface area (Å²) in [6.45, 7) is 5.39. The molecule has 136 valence electrons. The van der Waals surface area contributed by atoms with Crippen molar-refractivity contribution in [1.29, 1.82) is 0 Å². The van der Waals surface area contributed by atoms with E-state index >= 15 is 0 Å². The summed E-state index contributed by atoms with van der Waals surface area (Å²) in [6, 6.07) is 0.523. The summed E-state index contributed by atoms with van der Waals surface area (Å²) in [5.74, 6) is 2.64. The maximum Gasteiger partial charge on any atom is 0.191 e. The third kappa shape index (κ3) is 5.01. The molecule has 25 heavy (non-hydrogen) atoms. The molecule has 8 heteroatoms. The lowest BCUT2D eigenvalue weighted by Gasteiger charge is -2.17. The minimum Gasteiger partial charge on any atom is -0.356 e. The van der Waals surface area contributed by atoms with Gasteiger partial charge in [-0.15, -0.1) is 21.5 Å². The van der Waals surface area contributed by atoms with Gasteiger partial charge in [0.2, 0.25) is 0 Å². The zero-order chi connectivity index (χ0) is 17.6. The van der Waals surface area contributed by atoms with Gasteiger partial charge >= 0.3 is 0 Å². The number of aromatic nitrogens is 4. The summed E-state index contributed by atoms with van der Waals surface area (Å²) in [6.07, 6.45) is 7.87. The van der Waals surface area contributed by atoms with Gasteiger partial charge < -0.3 is 15.2 Å². The molecule has 1 saturated carbocycles. The predicted octanol–water partition coefficient (Wildman–Crippen LogP) is 2.11. The van der Waals surface area contributed by atoms with Crippen LogP contribution in [0.25, 0.3) is 0 Å². The van der Waals surface area contributed by atoms with Crippen LogP contribution in [0.4, 0.5) is 0 Å². The van der Waals surface area contributed by atoms with Crippen LogP contribution in [0.3, 0.4) is 0 Å². The molecule has 0 radical (unpaired) electrons. The van der Waals surface area contributed by atoms with E-state index in [1.54, 1.807) is 11.3 Å². The minimum atomic E-state index is 0.523. The van der Waals surface area contributed by atoms with Gasteiger partial charge in [0.25, 0.3) is 0 Å². The number of nitrogens with zero attached hydrogens (tertiary/aromatic N) is 5. The number of hydrogen-bond acceptors (Lipinski definition) is 5. The minimum absolute atomic E-state index is 0.523. The van der Waals surface area contributed by atoms with E-state index in [9.17, 15) is 0 Å². The van der Waals surface area contributed by atoms with Crippen molar-refractivity contribution >= 4 is 17.3 Å². The first-order valence-corrected chi connectivity index (χ1v) is 9.74.